The van der Waals surface area contributed by atoms with Crippen LogP contribution in [0.1, 0.15) is 11.1 Å². The highest BCUT2D eigenvalue weighted by Gasteiger charge is 2.23. The maximum atomic E-state index is 10.7. The van der Waals surface area contributed by atoms with Crippen LogP contribution in [0, 0.1) is 0 Å². The van der Waals surface area contributed by atoms with Gasteiger partial charge in [-0.1, -0.05) is 6.07 Å². The number of fused-ring (bicyclic) bond motifs is 1. The van der Waals surface area contributed by atoms with Gasteiger partial charge in [0, 0.05) is 18.7 Å². The fourth-order valence-corrected chi connectivity index (χ4v) is 1.79. The second-order valence-electron chi connectivity index (χ2n) is 3.53. The Labute approximate surface area is 86.2 Å². The van der Waals surface area contributed by atoms with Crippen molar-refractivity contribution in [3.8, 4) is 11.5 Å². The van der Waals surface area contributed by atoms with Crippen molar-refractivity contribution in [2.75, 3.05) is 6.54 Å². The lowest BCUT2D eigenvalue weighted by atomic mass is 9.98. The molecule has 5 nitrogen and oxygen atoms in total. The minimum absolute atomic E-state index is 0.127. The summed E-state index contributed by atoms with van der Waals surface area (Å²) >= 11 is 0. The molecule has 1 aliphatic rings. The number of carbonyl (C=O) groups is 1. The average Bonchev–Trinajstić information content (AvgIpc) is 2.23. The summed E-state index contributed by atoms with van der Waals surface area (Å²) in [5, 5.41) is 27.6. The molecule has 1 aromatic carbocycles. The third kappa shape index (κ3) is 1.56. The van der Waals surface area contributed by atoms with E-state index in [1.807, 2.05) is 0 Å². The Kier molecular flexibility index (Phi) is 2.15. The molecule has 2 rings (SSSR count). The molecule has 0 saturated heterocycles. The van der Waals surface area contributed by atoms with Crippen molar-refractivity contribution in [3.63, 3.8) is 0 Å². The van der Waals surface area contributed by atoms with Gasteiger partial charge in [0.05, 0.1) is 0 Å². The summed E-state index contributed by atoms with van der Waals surface area (Å²) in [6, 6.07) is 3.01. The summed E-state index contributed by atoms with van der Waals surface area (Å²) in [6.45, 7) is 0.609. The highest BCUT2D eigenvalue weighted by molar-refractivity contribution is 5.66. The Morgan fingerprint density at radius 3 is 2.73 bits per heavy atom. The molecule has 0 aromatic heterocycles. The Balaban J connectivity index is 2.36. The fourth-order valence-electron chi connectivity index (χ4n) is 1.79. The molecule has 0 saturated carbocycles. The summed E-state index contributed by atoms with van der Waals surface area (Å²) in [6.07, 6.45) is -0.532. The van der Waals surface area contributed by atoms with Crippen LogP contribution >= 0.6 is 0 Å². The lowest BCUT2D eigenvalue weighted by Crippen LogP contribution is -2.34. The molecule has 1 aliphatic heterocycles. The number of phenolic OH excluding ortho intramolecular Hbond substituents is 2. The summed E-state index contributed by atoms with van der Waals surface area (Å²) in [5.41, 5.74) is 1.39. The van der Waals surface area contributed by atoms with Crippen molar-refractivity contribution >= 4 is 6.09 Å². The van der Waals surface area contributed by atoms with E-state index in [0.717, 1.165) is 5.56 Å². The van der Waals surface area contributed by atoms with Gasteiger partial charge in [-0.25, -0.2) is 4.79 Å². The van der Waals surface area contributed by atoms with Gasteiger partial charge in [-0.05, 0) is 18.1 Å². The van der Waals surface area contributed by atoms with Crippen LogP contribution < -0.4 is 0 Å². The van der Waals surface area contributed by atoms with Gasteiger partial charge in [-0.3, -0.25) is 0 Å². The topological polar surface area (TPSA) is 81.0 Å². The van der Waals surface area contributed by atoms with E-state index in [-0.39, 0.29) is 18.0 Å². The fraction of sp³-hybridized carbons (Fsp3) is 0.300. The second-order valence-corrected chi connectivity index (χ2v) is 3.53. The van der Waals surface area contributed by atoms with Crippen LogP contribution in [0.15, 0.2) is 12.1 Å². The van der Waals surface area contributed by atoms with E-state index in [0.29, 0.717) is 18.5 Å². The zero-order valence-electron chi connectivity index (χ0n) is 7.97. The number of aromatic hydroxyl groups is 2. The normalized spacial score (nSPS) is 14.8. The van der Waals surface area contributed by atoms with Gasteiger partial charge in [0.15, 0.2) is 11.5 Å². The van der Waals surface area contributed by atoms with Crippen LogP contribution in [0.25, 0.3) is 0 Å². The van der Waals surface area contributed by atoms with Gasteiger partial charge in [0.1, 0.15) is 0 Å². The number of phenols is 2. The number of rotatable bonds is 0. The first-order chi connectivity index (χ1) is 7.09. The zero-order valence-corrected chi connectivity index (χ0v) is 7.97. The predicted molar refractivity (Wildman–Crippen MR) is 51.9 cm³/mol. The van der Waals surface area contributed by atoms with Crippen LogP contribution in [0.5, 0.6) is 11.5 Å². The lowest BCUT2D eigenvalue weighted by Gasteiger charge is -2.26. The number of carboxylic acid groups (broad SMARTS) is 1. The van der Waals surface area contributed by atoms with Crippen LogP contribution in [-0.2, 0) is 13.0 Å². The van der Waals surface area contributed by atoms with Gasteiger partial charge >= 0.3 is 6.09 Å². The first kappa shape index (κ1) is 9.64. The number of hydrogen-bond donors (Lipinski definition) is 3. The van der Waals surface area contributed by atoms with E-state index >= 15 is 0 Å². The summed E-state index contributed by atoms with van der Waals surface area (Å²) in [7, 11) is 0. The first-order valence-electron chi connectivity index (χ1n) is 4.60. The van der Waals surface area contributed by atoms with E-state index in [1.165, 1.54) is 11.0 Å². The molecule has 0 radical (unpaired) electrons. The third-order valence-electron chi connectivity index (χ3n) is 2.62. The SMILES string of the molecule is O=C(O)N1CCc2c(ccc(O)c2O)C1. The van der Waals surface area contributed by atoms with Crippen molar-refractivity contribution in [1.82, 2.24) is 4.90 Å². The molecule has 15 heavy (non-hydrogen) atoms. The number of hydrogen-bond acceptors (Lipinski definition) is 3. The largest absolute Gasteiger partial charge is 0.504 e. The van der Waals surface area contributed by atoms with Crippen molar-refractivity contribution in [2.24, 2.45) is 0 Å². The first-order valence-corrected chi connectivity index (χ1v) is 4.60. The molecular weight excluding hydrogens is 198 g/mol. The predicted octanol–water partition coefficient (Wildman–Crippen LogP) is 1.13. The molecule has 0 atom stereocenters. The molecule has 80 valence electrons. The van der Waals surface area contributed by atoms with Crippen molar-refractivity contribution in [2.45, 2.75) is 13.0 Å². The van der Waals surface area contributed by atoms with Gasteiger partial charge in [0.2, 0.25) is 0 Å². The molecule has 0 unspecified atom stereocenters. The number of benzene rings is 1. The van der Waals surface area contributed by atoms with Gasteiger partial charge in [-0.15, -0.1) is 0 Å². The van der Waals surface area contributed by atoms with E-state index in [1.54, 1.807) is 6.07 Å². The second kappa shape index (κ2) is 3.34. The van der Waals surface area contributed by atoms with Gasteiger partial charge in [-0.2, -0.15) is 0 Å². The number of nitrogens with zero attached hydrogens (tertiary/aromatic N) is 1. The average molecular weight is 209 g/mol. The van der Waals surface area contributed by atoms with E-state index in [4.69, 9.17) is 5.11 Å². The third-order valence-corrected chi connectivity index (χ3v) is 2.62. The lowest BCUT2D eigenvalue weighted by molar-refractivity contribution is 0.139. The number of amides is 1. The molecule has 5 heteroatoms. The summed E-state index contributed by atoms with van der Waals surface area (Å²) in [5.74, 6) is -0.282. The molecule has 0 fully saturated rings. The van der Waals surface area contributed by atoms with Crippen molar-refractivity contribution in [1.29, 1.82) is 0 Å². The van der Waals surface area contributed by atoms with Gasteiger partial charge in [0.25, 0.3) is 0 Å². The molecular formula is C10H11NO4. The van der Waals surface area contributed by atoms with E-state index < -0.39 is 6.09 Å². The molecule has 0 bridgehead atoms. The molecule has 0 spiro atoms. The van der Waals surface area contributed by atoms with Crippen LogP contribution in [0.4, 0.5) is 4.79 Å². The maximum Gasteiger partial charge on any atom is 0.407 e. The zero-order chi connectivity index (χ0) is 11.0. The van der Waals surface area contributed by atoms with Crippen LogP contribution in [-0.4, -0.2) is 32.9 Å². The summed E-state index contributed by atoms with van der Waals surface area (Å²) in [4.78, 5) is 12.0. The minimum Gasteiger partial charge on any atom is -0.504 e. The van der Waals surface area contributed by atoms with E-state index in [9.17, 15) is 15.0 Å². The van der Waals surface area contributed by atoms with Crippen molar-refractivity contribution < 1.29 is 20.1 Å². The summed E-state index contributed by atoms with van der Waals surface area (Å²) < 4.78 is 0. The Hall–Kier alpha value is -1.91. The Bertz CT molecular complexity index is 416. The van der Waals surface area contributed by atoms with Gasteiger partial charge < -0.3 is 20.2 Å². The van der Waals surface area contributed by atoms with Crippen LogP contribution in [0.2, 0.25) is 0 Å². The Morgan fingerprint density at radius 1 is 1.33 bits per heavy atom. The Morgan fingerprint density at radius 2 is 2.07 bits per heavy atom. The standard InChI is InChI=1S/C10H11NO4/c12-8-2-1-6-5-11(10(14)15)4-3-7(6)9(8)13/h1-2,12-13H,3-5H2,(H,14,15). The molecule has 3 N–H and O–H groups in total. The van der Waals surface area contributed by atoms with E-state index in [2.05, 4.69) is 0 Å². The quantitative estimate of drug-likeness (QED) is 0.559. The monoisotopic (exact) mass is 209 g/mol. The molecule has 0 aliphatic carbocycles. The highest BCUT2D eigenvalue weighted by atomic mass is 16.4. The maximum absolute atomic E-state index is 10.7. The molecule has 1 aromatic rings. The molecule has 1 amide bonds. The molecule has 1 heterocycles. The minimum atomic E-state index is -0.965. The highest BCUT2D eigenvalue weighted by Crippen LogP contribution is 2.34. The smallest absolute Gasteiger partial charge is 0.407 e. The van der Waals surface area contributed by atoms with Crippen molar-refractivity contribution in [3.05, 3.63) is 23.3 Å². The van der Waals surface area contributed by atoms with Crippen LogP contribution in [0.3, 0.4) is 0 Å².